The largest absolute Gasteiger partial charge is 0.322 e. The molecule has 0 atom stereocenters. The Hall–Kier alpha value is -2.39. The fourth-order valence-corrected chi connectivity index (χ4v) is 3.04. The van der Waals surface area contributed by atoms with Crippen molar-refractivity contribution in [1.29, 1.82) is 0 Å². The molecule has 0 aliphatic rings. The summed E-state index contributed by atoms with van der Waals surface area (Å²) >= 11 is 5.96. The molecule has 0 bridgehead atoms. The van der Waals surface area contributed by atoms with Crippen molar-refractivity contribution in [3.63, 3.8) is 0 Å². The summed E-state index contributed by atoms with van der Waals surface area (Å²) in [6.45, 7) is 5.74. The number of amides is 1. The van der Waals surface area contributed by atoms with Gasteiger partial charge in [0.15, 0.2) is 0 Å². The van der Waals surface area contributed by atoms with Crippen LogP contribution in [0, 0.1) is 20.8 Å². The van der Waals surface area contributed by atoms with Gasteiger partial charge in [0, 0.05) is 16.1 Å². The first kappa shape index (κ1) is 15.5. The van der Waals surface area contributed by atoms with Gasteiger partial charge >= 0.3 is 0 Å². The van der Waals surface area contributed by atoms with Crippen LogP contribution in [0.15, 0.2) is 42.5 Å². The number of nitrogens with one attached hydrogen (secondary N) is 1. The lowest BCUT2D eigenvalue weighted by atomic mass is 10.0. The molecule has 2 aromatic carbocycles. The van der Waals surface area contributed by atoms with Crippen molar-refractivity contribution in [2.45, 2.75) is 20.8 Å². The van der Waals surface area contributed by atoms with Crippen molar-refractivity contribution >= 4 is 34.1 Å². The fraction of sp³-hybridized carbons (Fsp3) is 0.158. The Bertz CT molecular complexity index is 919. The second-order valence-corrected chi connectivity index (χ2v) is 6.06. The van der Waals surface area contributed by atoms with Crippen LogP contribution in [0.1, 0.15) is 27.2 Å². The van der Waals surface area contributed by atoms with Crippen LogP contribution in [-0.2, 0) is 0 Å². The van der Waals surface area contributed by atoms with E-state index in [9.17, 15) is 4.79 Å². The lowest BCUT2D eigenvalue weighted by Crippen LogP contribution is -2.16. The van der Waals surface area contributed by atoms with Gasteiger partial charge in [-0.25, -0.2) is 0 Å². The molecule has 0 radical (unpaired) electrons. The van der Waals surface area contributed by atoms with E-state index >= 15 is 0 Å². The monoisotopic (exact) mass is 324 g/mol. The third-order valence-corrected chi connectivity index (χ3v) is 4.23. The Morgan fingerprint density at radius 1 is 1.09 bits per heavy atom. The van der Waals surface area contributed by atoms with Gasteiger partial charge in [0.1, 0.15) is 0 Å². The van der Waals surface area contributed by atoms with Gasteiger partial charge in [0.2, 0.25) is 0 Å². The lowest BCUT2D eigenvalue weighted by Gasteiger charge is -2.14. The molecule has 3 aromatic rings. The van der Waals surface area contributed by atoms with Gasteiger partial charge in [0.25, 0.3) is 5.91 Å². The highest BCUT2D eigenvalue weighted by Crippen LogP contribution is 2.25. The molecule has 3 rings (SSSR count). The van der Waals surface area contributed by atoms with Crippen LogP contribution in [0.2, 0.25) is 5.02 Å². The van der Waals surface area contributed by atoms with Gasteiger partial charge in [0.05, 0.1) is 16.8 Å². The summed E-state index contributed by atoms with van der Waals surface area (Å²) in [4.78, 5) is 17.3. The predicted molar refractivity (Wildman–Crippen MR) is 95.4 cm³/mol. The summed E-state index contributed by atoms with van der Waals surface area (Å²) in [5, 5.41) is 4.61. The van der Waals surface area contributed by atoms with Crippen molar-refractivity contribution in [2.24, 2.45) is 0 Å². The van der Waals surface area contributed by atoms with E-state index in [1.807, 2.05) is 57.2 Å². The zero-order valence-corrected chi connectivity index (χ0v) is 14.0. The van der Waals surface area contributed by atoms with Crippen molar-refractivity contribution in [2.75, 3.05) is 5.32 Å². The zero-order valence-electron chi connectivity index (χ0n) is 13.3. The Labute approximate surface area is 140 Å². The standard InChI is InChI=1S/C19H17ClN2O/c1-11-10-14(20)8-9-16(11)22-19(23)18-12(2)15-6-4-5-7-17(15)21-13(18)3/h4-10H,1-3H3,(H,22,23). The first-order valence-corrected chi connectivity index (χ1v) is 7.78. The van der Waals surface area contributed by atoms with Crippen LogP contribution in [0.5, 0.6) is 0 Å². The van der Waals surface area contributed by atoms with Gasteiger partial charge < -0.3 is 5.32 Å². The molecule has 0 unspecified atom stereocenters. The number of hydrogen-bond acceptors (Lipinski definition) is 2. The molecule has 1 heterocycles. The number of fused-ring (bicyclic) bond motifs is 1. The van der Waals surface area contributed by atoms with Crippen molar-refractivity contribution in [1.82, 2.24) is 4.98 Å². The molecule has 116 valence electrons. The maximum Gasteiger partial charge on any atom is 0.257 e. The molecule has 0 aliphatic carbocycles. The summed E-state index contributed by atoms with van der Waals surface area (Å²) in [5.74, 6) is -0.149. The quantitative estimate of drug-likeness (QED) is 0.715. The number of anilines is 1. The van der Waals surface area contributed by atoms with E-state index in [0.717, 1.165) is 33.4 Å². The second kappa shape index (κ2) is 6.01. The zero-order chi connectivity index (χ0) is 16.6. The van der Waals surface area contributed by atoms with Crippen LogP contribution >= 0.6 is 11.6 Å². The average molecular weight is 325 g/mol. The van der Waals surface area contributed by atoms with Crippen LogP contribution in [0.25, 0.3) is 10.9 Å². The molecular weight excluding hydrogens is 308 g/mol. The van der Waals surface area contributed by atoms with Crippen molar-refractivity contribution < 1.29 is 4.79 Å². The highest BCUT2D eigenvalue weighted by Gasteiger charge is 2.17. The number of para-hydroxylation sites is 1. The van der Waals surface area contributed by atoms with E-state index in [0.29, 0.717) is 10.6 Å². The topological polar surface area (TPSA) is 42.0 Å². The number of pyridine rings is 1. The highest BCUT2D eigenvalue weighted by atomic mass is 35.5. The highest BCUT2D eigenvalue weighted by molar-refractivity contribution is 6.30. The lowest BCUT2D eigenvalue weighted by molar-refractivity contribution is 0.102. The van der Waals surface area contributed by atoms with Gasteiger partial charge in [-0.05, 0) is 56.2 Å². The Morgan fingerprint density at radius 3 is 2.57 bits per heavy atom. The fourth-order valence-electron chi connectivity index (χ4n) is 2.82. The van der Waals surface area contributed by atoms with Crippen molar-refractivity contribution in [3.05, 3.63) is 69.9 Å². The number of carbonyl (C=O) groups is 1. The molecule has 1 amide bonds. The van der Waals surface area contributed by atoms with Gasteiger partial charge in [-0.1, -0.05) is 29.8 Å². The number of hydrogen-bond donors (Lipinski definition) is 1. The Balaban J connectivity index is 2.04. The summed E-state index contributed by atoms with van der Waals surface area (Å²) in [6.07, 6.45) is 0. The van der Waals surface area contributed by atoms with Crippen LogP contribution in [-0.4, -0.2) is 10.9 Å². The van der Waals surface area contributed by atoms with Crippen molar-refractivity contribution in [3.8, 4) is 0 Å². The molecule has 4 heteroatoms. The predicted octanol–water partition coefficient (Wildman–Crippen LogP) is 5.07. The Kier molecular flexibility index (Phi) is 4.05. The van der Waals surface area contributed by atoms with E-state index in [-0.39, 0.29) is 5.91 Å². The van der Waals surface area contributed by atoms with E-state index in [1.54, 1.807) is 6.07 Å². The third-order valence-electron chi connectivity index (χ3n) is 4.00. The smallest absolute Gasteiger partial charge is 0.257 e. The number of carbonyl (C=O) groups excluding carboxylic acids is 1. The number of rotatable bonds is 2. The molecule has 3 nitrogen and oxygen atoms in total. The summed E-state index contributed by atoms with van der Waals surface area (Å²) in [5.41, 5.74) is 4.88. The summed E-state index contributed by atoms with van der Waals surface area (Å²) in [7, 11) is 0. The molecule has 0 aliphatic heterocycles. The number of nitrogens with zero attached hydrogens (tertiary/aromatic N) is 1. The molecule has 0 saturated heterocycles. The van der Waals surface area contributed by atoms with E-state index in [2.05, 4.69) is 10.3 Å². The minimum Gasteiger partial charge on any atom is -0.322 e. The number of aromatic nitrogens is 1. The maximum absolute atomic E-state index is 12.8. The average Bonchev–Trinajstić information content (AvgIpc) is 2.50. The molecule has 1 N–H and O–H groups in total. The molecule has 23 heavy (non-hydrogen) atoms. The molecule has 0 spiro atoms. The third kappa shape index (κ3) is 2.92. The second-order valence-electron chi connectivity index (χ2n) is 5.63. The minimum atomic E-state index is -0.149. The molecule has 1 aromatic heterocycles. The van der Waals surface area contributed by atoms with Crippen LogP contribution in [0.3, 0.4) is 0 Å². The maximum atomic E-state index is 12.8. The first-order chi connectivity index (χ1) is 11.0. The molecule has 0 fully saturated rings. The minimum absolute atomic E-state index is 0.149. The SMILES string of the molecule is Cc1cc(Cl)ccc1NC(=O)c1c(C)nc2ccccc2c1C. The van der Waals surface area contributed by atoms with E-state index < -0.39 is 0 Å². The van der Waals surface area contributed by atoms with E-state index in [1.165, 1.54) is 0 Å². The molecular formula is C19H17ClN2O. The Morgan fingerprint density at radius 2 is 1.83 bits per heavy atom. The molecule has 0 saturated carbocycles. The van der Waals surface area contributed by atoms with Crippen LogP contribution in [0.4, 0.5) is 5.69 Å². The van der Waals surface area contributed by atoms with Gasteiger partial charge in [-0.15, -0.1) is 0 Å². The van der Waals surface area contributed by atoms with Crippen LogP contribution < -0.4 is 5.32 Å². The first-order valence-electron chi connectivity index (χ1n) is 7.41. The van der Waals surface area contributed by atoms with Gasteiger partial charge in [-0.3, -0.25) is 9.78 Å². The van der Waals surface area contributed by atoms with E-state index in [4.69, 9.17) is 11.6 Å². The number of benzene rings is 2. The number of halogens is 1. The summed E-state index contributed by atoms with van der Waals surface area (Å²) < 4.78 is 0. The normalized spacial score (nSPS) is 10.8. The summed E-state index contributed by atoms with van der Waals surface area (Å²) in [6, 6.07) is 13.3. The number of aryl methyl sites for hydroxylation is 3. The van der Waals surface area contributed by atoms with Gasteiger partial charge in [-0.2, -0.15) is 0 Å².